The lowest BCUT2D eigenvalue weighted by atomic mass is 9.66. The largest absolute Gasteiger partial charge is 0.331 e. The maximum absolute atomic E-state index is 12.8. The minimum Gasteiger partial charge on any atom is -0.331 e. The van der Waals surface area contributed by atoms with Gasteiger partial charge < -0.3 is 4.90 Å². The Hall–Kier alpha value is -2.68. The van der Waals surface area contributed by atoms with E-state index in [1.54, 1.807) is 10.7 Å². The quantitative estimate of drug-likeness (QED) is 0.853. The number of nitriles is 1. The van der Waals surface area contributed by atoms with Crippen LogP contribution in [0.4, 0.5) is 0 Å². The van der Waals surface area contributed by atoms with E-state index < -0.39 is 0 Å². The van der Waals surface area contributed by atoms with Crippen LogP contribution in [0.2, 0.25) is 0 Å². The summed E-state index contributed by atoms with van der Waals surface area (Å²) in [7, 11) is 0. The molecule has 1 aromatic heterocycles. The molecule has 1 saturated carbocycles. The first-order valence-corrected chi connectivity index (χ1v) is 9.08. The second-order valence-corrected chi connectivity index (χ2v) is 8.20. The molecular weight excluding hydrogens is 326 g/mol. The zero-order chi connectivity index (χ0) is 18.5. The van der Waals surface area contributed by atoms with E-state index in [1.165, 1.54) is 0 Å². The molecule has 1 amide bonds. The number of para-hydroxylation sites is 1. The molecule has 2 bridgehead atoms. The molecule has 4 rings (SSSR count). The maximum Gasteiger partial charge on any atom is 0.223 e. The SMILES string of the molecule is CC1(C)[C@H]2CC[C@]1(C)N(Cc1cn(-c3ccccc3C#N)nn1)C(=O)C2. The molecule has 1 aliphatic carbocycles. The Morgan fingerprint density at radius 1 is 1.31 bits per heavy atom. The first-order chi connectivity index (χ1) is 12.4. The van der Waals surface area contributed by atoms with Gasteiger partial charge >= 0.3 is 0 Å². The standard InChI is InChI=1S/C20H23N5O/c1-19(2)15-8-9-20(19,3)24(18(26)10-15)12-16-13-25(23-22-16)17-7-5-4-6-14(17)11-21/h4-7,13,15H,8-10,12H2,1-3H3/t15-,20-/m0/s1. The lowest BCUT2D eigenvalue weighted by Crippen LogP contribution is -2.60. The number of hydrogen-bond donors (Lipinski definition) is 0. The van der Waals surface area contributed by atoms with E-state index in [0.29, 0.717) is 30.1 Å². The molecule has 2 atom stereocenters. The van der Waals surface area contributed by atoms with Crippen molar-refractivity contribution in [3.8, 4) is 11.8 Å². The molecule has 134 valence electrons. The predicted octanol–water partition coefficient (Wildman–Crippen LogP) is 3.07. The van der Waals surface area contributed by atoms with Gasteiger partial charge in [-0.2, -0.15) is 5.26 Å². The maximum atomic E-state index is 12.8. The Morgan fingerprint density at radius 3 is 2.85 bits per heavy atom. The van der Waals surface area contributed by atoms with Gasteiger partial charge in [-0.15, -0.1) is 5.10 Å². The van der Waals surface area contributed by atoms with Crippen LogP contribution in [-0.4, -0.2) is 31.3 Å². The van der Waals surface area contributed by atoms with Crippen molar-refractivity contribution in [1.29, 1.82) is 5.26 Å². The number of hydrogen-bond acceptors (Lipinski definition) is 4. The number of aromatic nitrogens is 3. The Labute approximate surface area is 153 Å². The average Bonchev–Trinajstić information content (AvgIpc) is 3.13. The number of fused-ring (bicyclic) bond motifs is 2. The van der Waals surface area contributed by atoms with Gasteiger partial charge in [0.1, 0.15) is 11.8 Å². The fraction of sp³-hybridized carbons (Fsp3) is 0.500. The van der Waals surface area contributed by atoms with E-state index in [1.807, 2.05) is 29.3 Å². The van der Waals surface area contributed by atoms with Crippen molar-refractivity contribution in [2.45, 2.75) is 52.1 Å². The van der Waals surface area contributed by atoms with Crippen molar-refractivity contribution < 1.29 is 4.79 Å². The molecule has 1 saturated heterocycles. The van der Waals surface area contributed by atoms with Crippen LogP contribution in [0, 0.1) is 22.7 Å². The normalized spacial score (nSPS) is 26.8. The van der Waals surface area contributed by atoms with Crippen molar-refractivity contribution >= 4 is 5.91 Å². The number of benzene rings is 1. The summed E-state index contributed by atoms with van der Waals surface area (Å²) < 4.78 is 1.62. The summed E-state index contributed by atoms with van der Waals surface area (Å²) in [6.45, 7) is 7.23. The Bertz CT molecular complexity index is 909. The van der Waals surface area contributed by atoms with Gasteiger partial charge in [0.2, 0.25) is 5.91 Å². The van der Waals surface area contributed by atoms with Crippen LogP contribution in [0.5, 0.6) is 0 Å². The summed E-state index contributed by atoms with van der Waals surface area (Å²) in [5.41, 5.74) is 1.94. The minimum atomic E-state index is -0.151. The smallest absolute Gasteiger partial charge is 0.223 e. The number of amides is 1. The van der Waals surface area contributed by atoms with Gasteiger partial charge in [0, 0.05) is 12.0 Å². The number of piperidine rings is 1. The summed E-state index contributed by atoms with van der Waals surface area (Å²) >= 11 is 0. The molecule has 26 heavy (non-hydrogen) atoms. The van der Waals surface area contributed by atoms with Crippen molar-refractivity contribution in [2.75, 3.05) is 0 Å². The van der Waals surface area contributed by atoms with Gasteiger partial charge in [-0.25, -0.2) is 4.68 Å². The highest BCUT2D eigenvalue weighted by atomic mass is 16.2. The van der Waals surface area contributed by atoms with Crippen molar-refractivity contribution in [2.24, 2.45) is 11.3 Å². The van der Waals surface area contributed by atoms with Gasteiger partial charge in [0.25, 0.3) is 0 Å². The van der Waals surface area contributed by atoms with E-state index in [2.05, 4.69) is 37.2 Å². The molecule has 0 spiro atoms. The fourth-order valence-electron chi connectivity index (χ4n) is 4.70. The minimum absolute atomic E-state index is 0.102. The molecule has 0 unspecified atom stereocenters. The summed E-state index contributed by atoms with van der Waals surface area (Å²) in [5.74, 6) is 0.677. The van der Waals surface area contributed by atoms with E-state index in [0.717, 1.165) is 18.5 Å². The molecular formula is C20H23N5O. The molecule has 2 heterocycles. The second-order valence-electron chi connectivity index (χ2n) is 8.20. The van der Waals surface area contributed by atoms with Crippen LogP contribution in [0.25, 0.3) is 5.69 Å². The Morgan fingerprint density at radius 2 is 2.08 bits per heavy atom. The molecule has 6 nitrogen and oxygen atoms in total. The van der Waals surface area contributed by atoms with Crippen molar-refractivity contribution in [3.63, 3.8) is 0 Å². The first kappa shape index (κ1) is 16.8. The molecule has 0 N–H and O–H groups in total. The molecule has 2 fully saturated rings. The predicted molar refractivity (Wildman–Crippen MR) is 96.2 cm³/mol. The van der Waals surface area contributed by atoms with Crippen LogP contribution in [0.15, 0.2) is 30.5 Å². The molecule has 6 heteroatoms. The lowest BCUT2D eigenvalue weighted by Gasteiger charge is -2.52. The van der Waals surface area contributed by atoms with E-state index in [-0.39, 0.29) is 16.9 Å². The first-order valence-electron chi connectivity index (χ1n) is 9.08. The highest BCUT2D eigenvalue weighted by molar-refractivity contribution is 5.79. The van der Waals surface area contributed by atoms with Crippen LogP contribution < -0.4 is 0 Å². The van der Waals surface area contributed by atoms with E-state index in [9.17, 15) is 10.1 Å². The van der Waals surface area contributed by atoms with Crippen molar-refractivity contribution in [1.82, 2.24) is 19.9 Å². The molecule has 2 aliphatic rings. The molecule has 1 aromatic carbocycles. The highest BCUT2D eigenvalue weighted by Gasteiger charge is 2.59. The molecule has 2 aromatic rings. The summed E-state index contributed by atoms with van der Waals surface area (Å²) in [6.07, 6.45) is 4.57. The van der Waals surface area contributed by atoms with Crippen LogP contribution in [-0.2, 0) is 11.3 Å². The van der Waals surface area contributed by atoms with Crippen molar-refractivity contribution in [3.05, 3.63) is 41.7 Å². The number of nitrogens with zero attached hydrogens (tertiary/aromatic N) is 5. The van der Waals surface area contributed by atoms with Crippen LogP contribution in [0.1, 0.15) is 51.3 Å². The zero-order valence-corrected chi connectivity index (χ0v) is 15.4. The van der Waals surface area contributed by atoms with E-state index in [4.69, 9.17) is 0 Å². The average molecular weight is 349 g/mol. The molecule has 1 aliphatic heterocycles. The van der Waals surface area contributed by atoms with Crippen LogP contribution in [0.3, 0.4) is 0 Å². The second kappa shape index (κ2) is 5.66. The van der Waals surface area contributed by atoms with Gasteiger partial charge in [0.05, 0.1) is 24.0 Å². The summed E-state index contributed by atoms with van der Waals surface area (Å²) in [4.78, 5) is 14.8. The number of carbonyl (C=O) groups excluding carboxylic acids is 1. The van der Waals surface area contributed by atoms with Gasteiger partial charge in [-0.05, 0) is 43.2 Å². The third-order valence-electron chi connectivity index (χ3n) is 6.84. The topological polar surface area (TPSA) is 74.8 Å². The van der Waals surface area contributed by atoms with Gasteiger partial charge in [-0.1, -0.05) is 31.2 Å². The monoisotopic (exact) mass is 349 g/mol. The molecule has 0 radical (unpaired) electrons. The highest BCUT2D eigenvalue weighted by Crippen LogP contribution is 2.57. The summed E-state index contributed by atoms with van der Waals surface area (Å²) in [6, 6.07) is 9.47. The Balaban J connectivity index is 1.64. The van der Waals surface area contributed by atoms with E-state index >= 15 is 0 Å². The third-order valence-corrected chi connectivity index (χ3v) is 6.84. The number of rotatable bonds is 3. The van der Waals surface area contributed by atoms with Crippen LogP contribution >= 0.6 is 0 Å². The fourth-order valence-corrected chi connectivity index (χ4v) is 4.70. The lowest BCUT2D eigenvalue weighted by molar-refractivity contribution is -0.152. The van der Waals surface area contributed by atoms with Gasteiger partial charge in [-0.3, -0.25) is 4.79 Å². The van der Waals surface area contributed by atoms with Gasteiger partial charge in [0.15, 0.2) is 0 Å². The Kier molecular flexibility index (Phi) is 3.65. The number of likely N-dealkylation sites (tertiary alicyclic amines) is 1. The third kappa shape index (κ3) is 2.27. The summed E-state index contributed by atoms with van der Waals surface area (Å²) in [5, 5.41) is 17.7. The number of carbonyl (C=O) groups is 1. The zero-order valence-electron chi connectivity index (χ0n) is 15.4.